The van der Waals surface area contributed by atoms with Gasteiger partial charge in [0.1, 0.15) is 11.5 Å². The number of aromatic nitrogens is 3. The molecule has 0 saturated carbocycles. The molecule has 168 valence electrons. The summed E-state index contributed by atoms with van der Waals surface area (Å²) in [5.41, 5.74) is 5.08. The minimum Gasteiger partial charge on any atom is -0.497 e. The highest BCUT2D eigenvalue weighted by Gasteiger charge is 2.12. The number of nitrogen functional groups attached to an aromatic ring is 1. The van der Waals surface area contributed by atoms with E-state index in [1.807, 2.05) is 38.1 Å². The Bertz CT molecular complexity index is 1080. The lowest BCUT2D eigenvalue weighted by atomic mass is 10.1. The summed E-state index contributed by atoms with van der Waals surface area (Å²) in [6.45, 7) is 4.35. The third kappa shape index (κ3) is 6.14. The zero-order chi connectivity index (χ0) is 22.9. The van der Waals surface area contributed by atoms with Crippen molar-refractivity contribution in [3.63, 3.8) is 0 Å². The molecule has 0 unspecified atom stereocenters. The number of ether oxygens (including phenoxy) is 2. The molecule has 0 atom stereocenters. The molecule has 0 aliphatic rings. The van der Waals surface area contributed by atoms with Crippen molar-refractivity contribution in [3.8, 4) is 11.5 Å². The molecule has 2 aromatic carbocycles. The average molecular weight is 456 g/mol. The fourth-order valence-electron chi connectivity index (χ4n) is 2.63. The summed E-state index contributed by atoms with van der Waals surface area (Å²) >= 11 is 1.16. The van der Waals surface area contributed by atoms with Crippen molar-refractivity contribution in [3.05, 3.63) is 54.1 Å². The fourth-order valence-corrected chi connectivity index (χ4v) is 3.28. The van der Waals surface area contributed by atoms with Crippen LogP contribution >= 0.6 is 11.8 Å². The number of hydrogen-bond acceptors (Lipinski definition) is 9. The second-order valence-electron chi connectivity index (χ2n) is 6.51. The van der Waals surface area contributed by atoms with Gasteiger partial charge in [-0.25, -0.2) is 10.1 Å². The summed E-state index contributed by atoms with van der Waals surface area (Å²) in [4.78, 5) is 12.2. The van der Waals surface area contributed by atoms with Crippen molar-refractivity contribution in [2.75, 3.05) is 36.1 Å². The van der Waals surface area contributed by atoms with Crippen LogP contribution in [0.5, 0.6) is 11.5 Å². The topological polar surface area (TPSA) is 129 Å². The predicted octanol–water partition coefficient (Wildman–Crippen LogP) is 2.97. The number of thioether (sulfide) groups is 1. The number of nitrogens with zero attached hydrogens (tertiary/aromatic N) is 4. The van der Waals surface area contributed by atoms with Gasteiger partial charge in [0.05, 0.1) is 25.2 Å². The first-order chi connectivity index (χ1) is 15.5. The number of nitrogens with one attached hydrogen (secondary N) is 2. The molecule has 1 amide bonds. The summed E-state index contributed by atoms with van der Waals surface area (Å²) in [5, 5.41) is 15.5. The van der Waals surface area contributed by atoms with Crippen molar-refractivity contribution in [1.82, 2.24) is 14.9 Å². The molecule has 0 bridgehead atoms. The smallest absolute Gasteiger partial charge is 0.264 e. The number of anilines is 2. The van der Waals surface area contributed by atoms with Crippen LogP contribution in [-0.2, 0) is 4.79 Å². The van der Waals surface area contributed by atoms with E-state index in [4.69, 9.17) is 15.3 Å². The number of rotatable bonds is 10. The van der Waals surface area contributed by atoms with Crippen molar-refractivity contribution < 1.29 is 14.3 Å². The van der Waals surface area contributed by atoms with E-state index in [0.29, 0.717) is 17.5 Å². The lowest BCUT2D eigenvalue weighted by Crippen LogP contribution is -2.17. The third-order valence-electron chi connectivity index (χ3n) is 4.26. The van der Waals surface area contributed by atoms with E-state index in [-0.39, 0.29) is 17.6 Å². The van der Waals surface area contributed by atoms with Crippen LogP contribution in [0.3, 0.4) is 0 Å². The number of nitrogens with two attached hydrogens (primary N) is 1. The summed E-state index contributed by atoms with van der Waals surface area (Å²) in [5.74, 6) is 7.70. The molecule has 0 saturated heterocycles. The maximum Gasteiger partial charge on any atom is 0.264 e. The molecule has 1 heterocycles. The molecule has 0 spiro atoms. The number of carbonyl (C=O) groups is 1. The highest BCUT2D eigenvalue weighted by molar-refractivity contribution is 7.99. The van der Waals surface area contributed by atoms with Crippen LogP contribution in [0.15, 0.2) is 58.8 Å². The third-order valence-corrected chi connectivity index (χ3v) is 5.20. The van der Waals surface area contributed by atoms with Crippen LogP contribution in [0, 0.1) is 0 Å². The number of benzene rings is 2. The van der Waals surface area contributed by atoms with E-state index < -0.39 is 0 Å². The quantitative estimate of drug-likeness (QED) is 0.184. The van der Waals surface area contributed by atoms with Gasteiger partial charge in [0.2, 0.25) is 11.1 Å². The maximum atomic E-state index is 12.2. The first-order valence-electron chi connectivity index (χ1n) is 9.81. The van der Waals surface area contributed by atoms with Gasteiger partial charge >= 0.3 is 0 Å². The average Bonchev–Trinajstić information content (AvgIpc) is 3.16. The molecule has 0 fully saturated rings. The Morgan fingerprint density at radius 3 is 2.69 bits per heavy atom. The molecule has 32 heavy (non-hydrogen) atoms. The summed E-state index contributed by atoms with van der Waals surface area (Å²) in [6, 6.07) is 14.7. The Balaban J connectivity index is 1.54. The van der Waals surface area contributed by atoms with Gasteiger partial charge in [0.25, 0.3) is 5.95 Å². The monoisotopic (exact) mass is 455 g/mol. The molecule has 0 aliphatic heterocycles. The Morgan fingerprint density at radius 1 is 1.19 bits per heavy atom. The van der Waals surface area contributed by atoms with E-state index in [2.05, 4.69) is 26.0 Å². The molecular formula is C21H25N7O3S. The second kappa shape index (κ2) is 11.0. The molecule has 3 aromatic rings. The maximum absolute atomic E-state index is 12.2. The molecule has 0 aliphatic carbocycles. The Morgan fingerprint density at radius 2 is 1.97 bits per heavy atom. The second-order valence-corrected chi connectivity index (χ2v) is 7.45. The van der Waals surface area contributed by atoms with Crippen LogP contribution in [0.25, 0.3) is 0 Å². The van der Waals surface area contributed by atoms with Gasteiger partial charge in [0.15, 0.2) is 0 Å². The van der Waals surface area contributed by atoms with Gasteiger partial charge in [0, 0.05) is 11.3 Å². The predicted molar refractivity (Wildman–Crippen MR) is 126 cm³/mol. The lowest BCUT2D eigenvalue weighted by Gasteiger charge is -2.07. The molecule has 0 radical (unpaired) electrons. The van der Waals surface area contributed by atoms with E-state index in [0.717, 1.165) is 34.5 Å². The standard InChI is InChI=1S/C21H25N7O3S/c1-4-31-17-10-8-16(9-11-17)23-19(29)13-32-21-27-26-20(28(21)22)25-24-14(2)15-6-5-7-18(12-15)30-3/h5-12H,4,13,22H2,1-3H3,(H,23,29)(H,25,26)/b24-14+. The van der Waals surface area contributed by atoms with Gasteiger partial charge in [-0.05, 0) is 50.2 Å². The first kappa shape index (κ1) is 22.9. The number of carbonyl (C=O) groups excluding carboxylic acids is 1. The van der Waals surface area contributed by atoms with Crippen LogP contribution in [0.1, 0.15) is 19.4 Å². The normalized spacial score (nSPS) is 11.2. The summed E-state index contributed by atoms with van der Waals surface area (Å²) in [7, 11) is 1.61. The summed E-state index contributed by atoms with van der Waals surface area (Å²) in [6.07, 6.45) is 0. The molecule has 10 nitrogen and oxygen atoms in total. The number of hydrogen-bond donors (Lipinski definition) is 3. The minimum absolute atomic E-state index is 0.120. The van der Waals surface area contributed by atoms with Gasteiger partial charge in [-0.2, -0.15) is 5.10 Å². The van der Waals surface area contributed by atoms with E-state index in [1.165, 1.54) is 4.68 Å². The molecule has 4 N–H and O–H groups in total. The zero-order valence-electron chi connectivity index (χ0n) is 18.0. The van der Waals surface area contributed by atoms with Crippen molar-refractivity contribution in [2.24, 2.45) is 5.10 Å². The minimum atomic E-state index is -0.191. The highest BCUT2D eigenvalue weighted by Crippen LogP contribution is 2.19. The molecule has 1 aromatic heterocycles. The summed E-state index contributed by atoms with van der Waals surface area (Å²) < 4.78 is 11.9. The number of hydrazone groups is 1. The van der Waals surface area contributed by atoms with Crippen LogP contribution < -0.4 is 26.1 Å². The largest absolute Gasteiger partial charge is 0.497 e. The van der Waals surface area contributed by atoms with Gasteiger partial charge < -0.3 is 20.6 Å². The SMILES string of the molecule is CCOc1ccc(NC(=O)CSc2nnc(N/N=C(\C)c3cccc(OC)c3)n2N)cc1. The number of amides is 1. The van der Waals surface area contributed by atoms with E-state index >= 15 is 0 Å². The van der Waals surface area contributed by atoms with Gasteiger partial charge in [-0.15, -0.1) is 10.2 Å². The zero-order valence-corrected chi connectivity index (χ0v) is 18.8. The molecule has 3 rings (SSSR count). The Hall–Kier alpha value is -3.73. The van der Waals surface area contributed by atoms with Gasteiger partial charge in [-0.3, -0.25) is 4.79 Å². The van der Waals surface area contributed by atoms with Crippen molar-refractivity contribution >= 4 is 35.0 Å². The molecular weight excluding hydrogens is 430 g/mol. The Kier molecular flexibility index (Phi) is 7.92. The molecule has 11 heteroatoms. The lowest BCUT2D eigenvalue weighted by molar-refractivity contribution is -0.113. The van der Waals surface area contributed by atoms with E-state index in [9.17, 15) is 4.79 Å². The number of methoxy groups -OCH3 is 1. The van der Waals surface area contributed by atoms with Crippen LogP contribution in [0.2, 0.25) is 0 Å². The van der Waals surface area contributed by atoms with Crippen LogP contribution in [0.4, 0.5) is 11.6 Å². The van der Waals surface area contributed by atoms with E-state index in [1.54, 1.807) is 31.4 Å². The Labute approximate surface area is 190 Å². The fraction of sp³-hybridized carbons (Fsp3) is 0.238. The van der Waals surface area contributed by atoms with Crippen molar-refractivity contribution in [2.45, 2.75) is 19.0 Å². The highest BCUT2D eigenvalue weighted by atomic mass is 32.2. The van der Waals surface area contributed by atoms with Crippen LogP contribution in [-0.4, -0.2) is 46.0 Å². The van der Waals surface area contributed by atoms with Crippen molar-refractivity contribution in [1.29, 1.82) is 0 Å². The first-order valence-corrected chi connectivity index (χ1v) is 10.8. The van der Waals surface area contributed by atoms with Gasteiger partial charge in [-0.1, -0.05) is 23.9 Å².